The third kappa shape index (κ3) is 3.40. The molecular formula is C11H19NOS. The Hall–Kier alpha value is -0.380. The van der Waals surface area contributed by atoms with Crippen LogP contribution in [0.2, 0.25) is 0 Å². The van der Waals surface area contributed by atoms with Crippen LogP contribution in [0.4, 0.5) is 0 Å². The van der Waals surface area contributed by atoms with E-state index < -0.39 is 0 Å². The Morgan fingerprint density at radius 1 is 1.57 bits per heavy atom. The van der Waals surface area contributed by atoms with Gasteiger partial charge in [-0.1, -0.05) is 0 Å². The van der Waals surface area contributed by atoms with Crippen LogP contribution >= 0.6 is 11.3 Å². The van der Waals surface area contributed by atoms with Crippen LogP contribution in [0.1, 0.15) is 29.8 Å². The molecule has 0 bridgehead atoms. The number of ether oxygens (including phenoxy) is 1. The van der Waals surface area contributed by atoms with E-state index in [1.165, 1.54) is 10.4 Å². The van der Waals surface area contributed by atoms with Gasteiger partial charge < -0.3 is 10.1 Å². The zero-order chi connectivity index (χ0) is 10.4. The second-order valence-electron chi connectivity index (χ2n) is 3.32. The summed E-state index contributed by atoms with van der Waals surface area (Å²) in [6.07, 6.45) is 1.04. The van der Waals surface area contributed by atoms with E-state index in [-0.39, 0.29) is 0 Å². The Kier molecular flexibility index (Phi) is 5.15. The predicted molar refractivity (Wildman–Crippen MR) is 62.0 cm³/mol. The molecule has 0 saturated carbocycles. The highest BCUT2D eigenvalue weighted by atomic mass is 32.1. The maximum Gasteiger partial charge on any atom is 0.0484 e. The van der Waals surface area contributed by atoms with Gasteiger partial charge in [0, 0.05) is 24.1 Å². The molecule has 0 spiro atoms. The van der Waals surface area contributed by atoms with Crippen molar-refractivity contribution in [1.29, 1.82) is 0 Å². The van der Waals surface area contributed by atoms with Crippen molar-refractivity contribution in [2.75, 3.05) is 20.3 Å². The van der Waals surface area contributed by atoms with E-state index in [0.717, 1.165) is 19.6 Å². The molecule has 0 aliphatic carbocycles. The first kappa shape index (κ1) is 11.7. The van der Waals surface area contributed by atoms with Crippen molar-refractivity contribution in [2.45, 2.75) is 26.3 Å². The molecule has 0 aliphatic heterocycles. The lowest BCUT2D eigenvalue weighted by molar-refractivity contribution is 0.137. The molecule has 3 heteroatoms. The first-order valence-electron chi connectivity index (χ1n) is 5.08. The number of thiophene rings is 1. The van der Waals surface area contributed by atoms with Gasteiger partial charge in [0.25, 0.3) is 0 Å². The van der Waals surface area contributed by atoms with Crippen molar-refractivity contribution in [2.24, 2.45) is 0 Å². The maximum atomic E-state index is 5.36. The largest absolute Gasteiger partial charge is 0.382 e. The molecule has 0 radical (unpaired) electrons. The lowest BCUT2D eigenvalue weighted by atomic mass is 10.1. The molecule has 0 fully saturated rings. The lowest BCUT2D eigenvalue weighted by Gasteiger charge is -2.14. The number of hydrogen-bond acceptors (Lipinski definition) is 3. The van der Waals surface area contributed by atoms with Gasteiger partial charge in [0.1, 0.15) is 0 Å². The zero-order valence-electron chi connectivity index (χ0n) is 9.17. The molecule has 80 valence electrons. The van der Waals surface area contributed by atoms with Crippen LogP contribution in [0.5, 0.6) is 0 Å². The summed E-state index contributed by atoms with van der Waals surface area (Å²) in [5.41, 5.74) is 1.38. The van der Waals surface area contributed by atoms with Crippen LogP contribution in [0.15, 0.2) is 11.4 Å². The summed E-state index contributed by atoms with van der Waals surface area (Å²) in [6.45, 7) is 5.81. The second kappa shape index (κ2) is 6.17. The summed E-state index contributed by atoms with van der Waals surface area (Å²) in [5.74, 6) is 0. The number of nitrogens with one attached hydrogen (secondary N) is 1. The van der Waals surface area contributed by atoms with Gasteiger partial charge in [0.2, 0.25) is 0 Å². The fourth-order valence-electron chi connectivity index (χ4n) is 1.47. The zero-order valence-corrected chi connectivity index (χ0v) is 9.99. The Morgan fingerprint density at radius 3 is 2.86 bits per heavy atom. The highest BCUT2D eigenvalue weighted by Gasteiger charge is 2.09. The summed E-state index contributed by atoms with van der Waals surface area (Å²) >= 11 is 1.81. The van der Waals surface area contributed by atoms with Crippen LogP contribution in [0.25, 0.3) is 0 Å². The van der Waals surface area contributed by atoms with Crippen molar-refractivity contribution < 1.29 is 4.74 Å². The van der Waals surface area contributed by atoms with E-state index in [9.17, 15) is 0 Å². The number of hydrogen-bond donors (Lipinski definition) is 1. The summed E-state index contributed by atoms with van der Waals surface area (Å²) in [7, 11) is 2.00. The molecular weight excluding hydrogens is 194 g/mol. The highest BCUT2D eigenvalue weighted by molar-refractivity contribution is 7.10. The van der Waals surface area contributed by atoms with E-state index in [4.69, 9.17) is 4.74 Å². The monoisotopic (exact) mass is 213 g/mol. The first-order valence-corrected chi connectivity index (χ1v) is 5.96. The molecule has 0 amide bonds. The molecule has 1 atom stereocenters. The minimum atomic E-state index is 0.437. The third-order valence-electron chi connectivity index (χ3n) is 2.26. The molecule has 1 unspecified atom stereocenters. The van der Waals surface area contributed by atoms with Gasteiger partial charge in [0.15, 0.2) is 0 Å². The van der Waals surface area contributed by atoms with Crippen molar-refractivity contribution in [3.05, 3.63) is 21.9 Å². The van der Waals surface area contributed by atoms with Crippen molar-refractivity contribution >= 4 is 11.3 Å². The van der Waals surface area contributed by atoms with E-state index in [1.807, 2.05) is 14.0 Å². The van der Waals surface area contributed by atoms with E-state index in [2.05, 4.69) is 23.7 Å². The quantitative estimate of drug-likeness (QED) is 0.734. The van der Waals surface area contributed by atoms with Gasteiger partial charge in [-0.25, -0.2) is 0 Å². The minimum absolute atomic E-state index is 0.437. The standard InChI is InChI=1S/C11H19NOS/c1-4-13-6-5-11(12-3)10-7-9(2)14-8-10/h7-8,11-12H,4-6H2,1-3H3. The fourth-order valence-corrected chi connectivity index (χ4v) is 2.23. The molecule has 2 nitrogen and oxygen atoms in total. The van der Waals surface area contributed by atoms with Crippen LogP contribution in [-0.2, 0) is 4.74 Å². The number of rotatable bonds is 6. The highest BCUT2D eigenvalue weighted by Crippen LogP contribution is 2.22. The molecule has 0 aliphatic rings. The fraction of sp³-hybridized carbons (Fsp3) is 0.636. The van der Waals surface area contributed by atoms with Crippen LogP contribution < -0.4 is 5.32 Å². The van der Waals surface area contributed by atoms with Crippen molar-refractivity contribution in [3.63, 3.8) is 0 Å². The average Bonchev–Trinajstić information content (AvgIpc) is 2.60. The molecule has 14 heavy (non-hydrogen) atoms. The smallest absolute Gasteiger partial charge is 0.0484 e. The van der Waals surface area contributed by atoms with Crippen LogP contribution in [0.3, 0.4) is 0 Å². The van der Waals surface area contributed by atoms with Gasteiger partial charge in [-0.15, -0.1) is 11.3 Å². The lowest BCUT2D eigenvalue weighted by Crippen LogP contribution is -2.17. The van der Waals surface area contributed by atoms with E-state index >= 15 is 0 Å². The van der Waals surface area contributed by atoms with E-state index in [1.54, 1.807) is 11.3 Å². The first-order chi connectivity index (χ1) is 6.77. The molecule has 1 aromatic heterocycles. The molecule has 0 aromatic carbocycles. The van der Waals surface area contributed by atoms with Gasteiger partial charge in [-0.2, -0.15) is 0 Å². The maximum absolute atomic E-state index is 5.36. The Balaban J connectivity index is 2.45. The van der Waals surface area contributed by atoms with Gasteiger partial charge in [-0.3, -0.25) is 0 Å². The molecule has 1 rings (SSSR count). The van der Waals surface area contributed by atoms with Gasteiger partial charge in [-0.05, 0) is 44.3 Å². The van der Waals surface area contributed by atoms with E-state index in [0.29, 0.717) is 6.04 Å². The molecule has 1 N–H and O–H groups in total. The summed E-state index contributed by atoms with van der Waals surface area (Å²) < 4.78 is 5.36. The Morgan fingerprint density at radius 2 is 2.36 bits per heavy atom. The predicted octanol–water partition coefficient (Wildman–Crippen LogP) is 2.74. The summed E-state index contributed by atoms with van der Waals surface area (Å²) in [6, 6.07) is 2.68. The number of aryl methyl sites for hydroxylation is 1. The third-order valence-corrected chi connectivity index (χ3v) is 3.14. The average molecular weight is 213 g/mol. The molecule has 0 saturated heterocycles. The van der Waals surface area contributed by atoms with Gasteiger partial charge in [0.05, 0.1) is 0 Å². The Labute approximate surface area is 90.3 Å². The van der Waals surface area contributed by atoms with Gasteiger partial charge >= 0.3 is 0 Å². The van der Waals surface area contributed by atoms with Crippen LogP contribution in [0, 0.1) is 6.92 Å². The summed E-state index contributed by atoms with van der Waals surface area (Å²) in [5, 5.41) is 5.54. The molecule has 1 heterocycles. The minimum Gasteiger partial charge on any atom is -0.382 e. The normalized spacial score (nSPS) is 13.1. The van der Waals surface area contributed by atoms with Crippen LogP contribution in [-0.4, -0.2) is 20.3 Å². The summed E-state index contributed by atoms with van der Waals surface area (Å²) in [4.78, 5) is 1.37. The van der Waals surface area contributed by atoms with Crippen molar-refractivity contribution in [1.82, 2.24) is 5.32 Å². The Bertz CT molecular complexity index is 260. The SMILES string of the molecule is CCOCCC(NC)c1csc(C)c1. The second-order valence-corrected chi connectivity index (χ2v) is 4.43. The molecule has 1 aromatic rings. The van der Waals surface area contributed by atoms with Crippen molar-refractivity contribution in [3.8, 4) is 0 Å². The topological polar surface area (TPSA) is 21.3 Å².